The number of guanidine groups is 1. The Bertz CT molecular complexity index is 520. The first-order valence-corrected chi connectivity index (χ1v) is 10.5. The summed E-state index contributed by atoms with van der Waals surface area (Å²) in [5.74, 6) is 1.16. The van der Waals surface area contributed by atoms with Crippen molar-refractivity contribution in [3.05, 3.63) is 0 Å². The van der Waals surface area contributed by atoms with Crippen molar-refractivity contribution in [2.24, 2.45) is 10.4 Å². The number of rotatable bonds is 7. The van der Waals surface area contributed by atoms with Crippen LogP contribution in [0.1, 0.15) is 46.0 Å². The monoisotopic (exact) mass is 472 g/mol. The summed E-state index contributed by atoms with van der Waals surface area (Å²) in [5, 5.41) is 3.38. The molecule has 0 aromatic carbocycles. The molecule has 2 rings (SSSR count). The van der Waals surface area contributed by atoms with Crippen molar-refractivity contribution in [2.75, 3.05) is 45.5 Å². The smallest absolute Gasteiger partial charge is 0.213 e. The van der Waals surface area contributed by atoms with Crippen LogP contribution in [0.15, 0.2) is 4.99 Å². The van der Waals surface area contributed by atoms with Gasteiger partial charge in [-0.15, -0.1) is 24.0 Å². The molecule has 8 heteroatoms. The van der Waals surface area contributed by atoms with Crippen molar-refractivity contribution in [3.8, 4) is 0 Å². The third kappa shape index (κ3) is 5.45. The van der Waals surface area contributed by atoms with E-state index in [2.05, 4.69) is 17.1 Å². The van der Waals surface area contributed by atoms with Crippen molar-refractivity contribution in [1.29, 1.82) is 0 Å². The number of nitrogens with one attached hydrogen (secondary N) is 1. The van der Waals surface area contributed by atoms with Crippen LogP contribution in [0.5, 0.6) is 0 Å². The number of likely N-dealkylation sites (tertiary alicyclic amines) is 1. The van der Waals surface area contributed by atoms with Crippen LogP contribution in [0.25, 0.3) is 0 Å². The van der Waals surface area contributed by atoms with E-state index in [0.29, 0.717) is 18.5 Å². The van der Waals surface area contributed by atoms with Gasteiger partial charge < -0.3 is 10.2 Å². The number of aliphatic imine (C=N–C) groups is 1. The van der Waals surface area contributed by atoms with E-state index in [0.717, 1.165) is 32.0 Å². The van der Waals surface area contributed by atoms with Crippen molar-refractivity contribution >= 4 is 40.0 Å². The molecule has 6 nitrogen and oxygen atoms in total. The highest BCUT2D eigenvalue weighted by Crippen LogP contribution is 2.47. The standard InChI is InChI=1S/C16H32N4O2S.HI/c1-4-17-15(20-13-10-16(14-20)8-6-9-16)18-11-7-12-19(3)23(21,22)5-2;/h4-14H2,1-3H3,(H,17,18);1H. The molecule has 0 aromatic rings. The molecule has 0 atom stereocenters. The molecule has 1 saturated carbocycles. The summed E-state index contributed by atoms with van der Waals surface area (Å²) in [6.07, 6.45) is 6.14. The minimum absolute atomic E-state index is 0. The quantitative estimate of drug-likeness (QED) is 0.267. The van der Waals surface area contributed by atoms with Gasteiger partial charge in [0.05, 0.1) is 5.75 Å². The first-order valence-electron chi connectivity index (χ1n) is 8.90. The van der Waals surface area contributed by atoms with Gasteiger partial charge in [-0.25, -0.2) is 12.7 Å². The highest BCUT2D eigenvalue weighted by molar-refractivity contribution is 14.0. The van der Waals surface area contributed by atoms with Gasteiger partial charge in [-0.2, -0.15) is 0 Å². The minimum atomic E-state index is -3.08. The predicted molar refractivity (Wildman–Crippen MR) is 111 cm³/mol. The van der Waals surface area contributed by atoms with E-state index in [1.165, 1.54) is 30.0 Å². The molecule has 2 aliphatic rings. The number of hydrogen-bond donors (Lipinski definition) is 1. The van der Waals surface area contributed by atoms with Gasteiger partial charge in [0.2, 0.25) is 10.0 Å². The molecule has 0 radical (unpaired) electrons. The average Bonchev–Trinajstić information content (AvgIpc) is 2.95. The zero-order chi connectivity index (χ0) is 16.9. The molecular formula is C16H33IN4O2S. The Morgan fingerprint density at radius 1 is 1.29 bits per heavy atom. The third-order valence-electron chi connectivity index (χ3n) is 5.22. The fourth-order valence-electron chi connectivity index (χ4n) is 3.46. The number of hydrogen-bond acceptors (Lipinski definition) is 3. The summed E-state index contributed by atoms with van der Waals surface area (Å²) >= 11 is 0. The van der Waals surface area contributed by atoms with E-state index in [-0.39, 0.29) is 29.7 Å². The van der Waals surface area contributed by atoms with Gasteiger partial charge in [0.25, 0.3) is 0 Å². The van der Waals surface area contributed by atoms with Crippen molar-refractivity contribution in [2.45, 2.75) is 46.0 Å². The summed E-state index contributed by atoms with van der Waals surface area (Å²) < 4.78 is 24.9. The van der Waals surface area contributed by atoms with Crippen molar-refractivity contribution in [3.63, 3.8) is 0 Å². The molecular weight excluding hydrogens is 439 g/mol. The topological polar surface area (TPSA) is 65.0 Å². The summed E-state index contributed by atoms with van der Waals surface area (Å²) in [6, 6.07) is 0. The van der Waals surface area contributed by atoms with Crippen LogP contribution in [-0.2, 0) is 10.0 Å². The zero-order valence-electron chi connectivity index (χ0n) is 15.3. The molecule has 1 aliphatic heterocycles. The molecule has 2 fully saturated rings. The van der Waals surface area contributed by atoms with Crippen molar-refractivity contribution in [1.82, 2.24) is 14.5 Å². The molecule has 1 N–H and O–H groups in total. The van der Waals surface area contributed by atoms with E-state index in [9.17, 15) is 8.42 Å². The Kier molecular flexibility index (Phi) is 8.75. The largest absolute Gasteiger partial charge is 0.357 e. The van der Waals surface area contributed by atoms with Gasteiger partial charge in [0.15, 0.2) is 5.96 Å². The second-order valence-corrected chi connectivity index (χ2v) is 9.20. The van der Waals surface area contributed by atoms with Gasteiger partial charge in [0, 0.05) is 39.8 Å². The van der Waals surface area contributed by atoms with Gasteiger partial charge in [-0.1, -0.05) is 6.42 Å². The van der Waals surface area contributed by atoms with Crippen LogP contribution < -0.4 is 5.32 Å². The molecule has 1 heterocycles. The fraction of sp³-hybridized carbons (Fsp3) is 0.938. The third-order valence-corrected chi connectivity index (χ3v) is 7.08. The number of sulfonamides is 1. The van der Waals surface area contributed by atoms with E-state index >= 15 is 0 Å². The Morgan fingerprint density at radius 2 is 2.00 bits per heavy atom. The highest BCUT2D eigenvalue weighted by atomic mass is 127. The van der Waals surface area contributed by atoms with Gasteiger partial charge in [0.1, 0.15) is 0 Å². The number of nitrogens with zero attached hydrogens (tertiary/aromatic N) is 3. The van der Waals surface area contributed by atoms with Crippen LogP contribution >= 0.6 is 24.0 Å². The highest BCUT2D eigenvalue weighted by Gasteiger charge is 2.43. The minimum Gasteiger partial charge on any atom is -0.357 e. The summed E-state index contributed by atoms with van der Waals surface area (Å²) in [7, 11) is -1.43. The predicted octanol–water partition coefficient (Wildman–Crippen LogP) is 2.12. The summed E-state index contributed by atoms with van der Waals surface area (Å²) in [4.78, 5) is 7.09. The normalized spacial score (nSPS) is 20.2. The van der Waals surface area contributed by atoms with Crippen LogP contribution in [-0.4, -0.2) is 69.1 Å². The van der Waals surface area contributed by atoms with Crippen molar-refractivity contribution < 1.29 is 8.42 Å². The molecule has 142 valence electrons. The Labute approximate surface area is 164 Å². The molecule has 24 heavy (non-hydrogen) atoms. The first-order chi connectivity index (χ1) is 10.9. The second-order valence-electron chi connectivity index (χ2n) is 6.84. The Hall–Kier alpha value is -0.0900. The lowest BCUT2D eigenvalue weighted by molar-refractivity contribution is 0.151. The van der Waals surface area contributed by atoms with E-state index in [1.54, 1.807) is 14.0 Å². The van der Waals surface area contributed by atoms with Gasteiger partial charge in [-0.05, 0) is 44.9 Å². The van der Waals surface area contributed by atoms with Gasteiger partial charge in [-0.3, -0.25) is 4.99 Å². The molecule has 0 amide bonds. The molecule has 1 saturated heterocycles. The molecule has 1 spiro atoms. The second kappa shape index (κ2) is 9.56. The first kappa shape index (κ1) is 22.0. The Morgan fingerprint density at radius 3 is 2.50 bits per heavy atom. The summed E-state index contributed by atoms with van der Waals surface area (Å²) in [5.41, 5.74) is 0.561. The van der Waals surface area contributed by atoms with Crippen LogP contribution in [0.2, 0.25) is 0 Å². The lowest BCUT2D eigenvalue weighted by Crippen LogP contribution is -2.42. The molecule has 0 aromatic heterocycles. The zero-order valence-corrected chi connectivity index (χ0v) is 18.4. The van der Waals surface area contributed by atoms with Crippen LogP contribution in [0, 0.1) is 5.41 Å². The van der Waals surface area contributed by atoms with E-state index < -0.39 is 10.0 Å². The SMILES string of the molecule is CCNC(=NCCCN(C)S(=O)(=O)CC)N1CCC2(CCC2)C1.I. The molecule has 0 unspecified atom stereocenters. The molecule has 1 aliphatic carbocycles. The van der Waals surface area contributed by atoms with Crippen LogP contribution in [0.3, 0.4) is 0 Å². The Balaban J connectivity index is 0.00000288. The average molecular weight is 472 g/mol. The lowest BCUT2D eigenvalue weighted by atomic mass is 9.68. The lowest BCUT2D eigenvalue weighted by Gasteiger charge is -2.38. The summed E-state index contributed by atoms with van der Waals surface area (Å²) in [6.45, 7) is 8.05. The molecule has 0 bridgehead atoms. The maximum Gasteiger partial charge on any atom is 0.213 e. The van der Waals surface area contributed by atoms with E-state index in [4.69, 9.17) is 4.99 Å². The van der Waals surface area contributed by atoms with Crippen LogP contribution in [0.4, 0.5) is 0 Å². The fourth-order valence-corrected chi connectivity index (χ4v) is 4.31. The van der Waals surface area contributed by atoms with Gasteiger partial charge >= 0.3 is 0 Å². The number of halogens is 1. The van der Waals surface area contributed by atoms with E-state index in [1.807, 2.05) is 0 Å². The maximum atomic E-state index is 11.7. The maximum absolute atomic E-state index is 11.7.